The first-order chi connectivity index (χ1) is 12.0. The second-order valence-electron chi connectivity index (χ2n) is 5.36. The summed E-state index contributed by atoms with van der Waals surface area (Å²) in [4.78, 5) is 27.7. The van der Waals surface area contributed by atoms with E-state index in [0.717, 1.165) is 0 Å². The predicted molar refractivity (Wildman–Crippen MR) is 93.8 cm³/mol. The topological polar surface area (TPSA) is 83.9 Å². The van der Waals surface area contributed by atoms with Crippen molar-refractivity contribution in [3.8, 4) is 11.6 Å². The van der Waals surface area contributed by atoms with Crippen molar-refractivity contribution in [3.05, 3.63) is 47.6 Å². The summed E-state index contributed by atoms with van der Waals surface area (Å²) in [6.45, 7) is 0. The molecule has 7 nitrogen and oxygen atoms in total. The summed E-state index contributed by atoms with van der Waals surface area (Å²) in [5.41, 5.74) is 0.819. The van der Waals surface area contributed by atoms with Crippen molar-refractivity contribution < 1.29 is 14.3 Å². The van der Waals surface area contributed by atoms with Gasteiger partial charge < -0.3 is 10.1 Å². The summed E-state index contributed by atoms with van der Waals surface area (Å²) < 4.78 is 5.59. The van der Waals surface area contributed by atoms with E-state index in [2.05, 4.69) is 15.4 Å². The first kappa shape index (κ1) is 16.9. The summed E-state index contributed by atoms with van der Waals surface area (Å²) >= 11 is 5.82. The lowest BCUT2D eigenvalue weighted by Crippen LogP contribution is -2.34. The van der Waals surface area contributed by atoms with Crippen molar-refractivity contribution in [2.45, 2.75) is 12.8 Å². The van der Waals surface area contributed by atoms with E-state index in [1.165, 1.54) is 18.3 Å². The zero-order valence-corrected chi connectivity index (χ0v) is 14.2. The molecule has 128 valence electrons. The van der Waals surface area contributed by atoms with E-state index in [9.17, 15) is 9.59 Å². The number of aromatic nitrogens is 1. The molecule has 0 atom stereocenters. The number of ether oxygens (including phenoxy) is 1. The molecule has 0 fully saturated rings. The van der Waals surface area contributed by atoms with Crippen molar-refractivity contribution in [2.75, 3.05) is 12.4 Å². The van der Waals surface area contributed by atoms with Gasteiger partial charge in [-0.05, 0) is 30.3 Å². The zero-order valence-electron chi connectivity index (χ0n) is 13.4. The first-order valence-electron chi connectivity index (χ1n) is 7.56. The molecule has 1 N–H and O–H groups in total. The Morgan fingerprint density at radius 2 is 1.96 bits per heavy atom. The van der Waals surface area contributed by atoms with Gasteiger partial charge in [0.05, 0.1) is 11.9 Å². The van der Waals surface area contributed by atoms with Crippen LogP contribution in [-0.4, -0.2) is 34.6 Å². The Balaban J connectivity index is 1.62. The van der Waals surface area contributed by atoms with E-state index in [1.54, 1.807) is 36.4 Å². The number of hydrogen-bond acceptors (Lipinski definition) is 5. The molecule has 1 aromatic carbocycles. The molecule has 3 rings (SSSR count). The molecule has 1 aromatic heterocycles. The zero-order chi connectivity index (χ0) is 17.8. The van der Waals surface area contributed by atoms with Gasteiger partial charge >= 0.3 is 0 Å². The maximum atomic E-state index is 12.2. The smallest absolute Gasteiger partial charge is 0.271 e. The van der Waals surface area contributed by atoms with Crippen molar-refractivity contribution in [2.24, 2.45) is 5.10 Å². The molecular formula is C17H15ClN4O3. The van der Waals surface area contributed by atoms with Gasteiger partial charge in [-0.15, -0.1) is 0 Å². The molecule has 2 aromatic rings. The summed E-state index contributed by atoms with van der Waals surface area (Å²) in [7, 11) is 1.53. The number of rotatable bonds is 4. The number of nitrogens with zero attached hydrogens (tertiary/aromatic N) is 3. The number of halogens is 1. The highest BCUT2D eigenvalue weighted by molar-refractivity contribution is 6.43. The normalized spacial score (nSPS) is 14.1. The molecule has 0 radical (unpaired) electrons. The van der Waals surface area contributed by atoms with Crippen molar-refractivity contribution in [1.82, 2.24) is 9.99 Å². The number of carbonyl (C=O) groups excluding carboxylic acids is 2. The number of nitrogens with one attached hydrogen (secondary N) is 1. The summed E-state index contributed by atoms with van der Waals surface area (Å²) in [6, 6.07) is 10.2. The molecule has 2 amide bonds. The molecule has 1 aliphatic heterocycles. The lowest BCUT2D eigenvalue weighted by atomic mass is 10.1. The van der Waals surface area contributed by atoms with Crippen LogP contribution in [0.4, 0.5) is 5.69 Å². The Morgan fingerprint density at radius 1 is 1.20 bits per heavy atom. The van der Waals surface area contributed by atoms with Gasteiger partial charge in [0, 0.05) is 31.0 Å². The SMILES string of the molecule is CN1N=C(C(=O)Nc2ccc(Oc3ccc(Cl)cc3)nc2)CCC1=O. The van der Waals surface area contributed by atoms with E-state index >= 15 is 0 Å². The van der Waals surface area contributed by atoms with Gasteiger partial charge in [-0.25, -0.2) is 9.99 Å². The van der Waals surface area contributed by atoms with Crippen molar-refractivity contribution >= 4 is 34.8 Å². The molecule has 2 heterocycles. The molecule has 25 heavy (non-hydrogen) atoms. The molecule has 0 spiro atoms. The second-order valence-corrected chi connectivity index (χ2v) is 5.80. The Morgan fingerprint density at radius 3 is 2.60 bits per heavy atom. The van der Waals surface area contributed by atoms with E-state index in [0.29, 0.717) is 34.5 Å². The van der Waals surface area contributed by atoms with E-state index < -0.39 is 0 Å². The van der Waals surface area contributed by atoms with Crippen LogP contribution in [0.2, 0.25) is 5.02 Å². The lowest BCUT2D eigenvalue weighted by molar-refractivity contribution is -0.130. The summed E-state index contributed by atoms with van der Waals surface area (Å²) in [6.07, 6.45) is 2.08. The molecule has 0 saturated carbocycles. The van der Waals surface area contributed by atoms with Gasteiger partial charge in [0.1, 0.15) is 11.5 Å². The van der Waals surface area contributed by atoms with Gasteiger partial charge in [0.15, 0.2) is 0 Å². The lowest BCUT2D eigenvalue weighted by Gasteiger charge is -2.18. The van der Waals surface area contributed by atoms with Crippen molar-refractivity contribution in [3.63, 3.8) is 0 Å². The molecule has 0 bridgehead atoms. The third-order valence-corrected chi connectivity index (χ3v) is 3.75. The van der Waals surface area contributed by atoms with Crippen LogP contribution in [0.25, 0.3) is 0 Å². The fourth-order valence-electron chi connectivity index (χ4n) is 2.17. The predicted octanol–water partition coefficient (Wildman–Crippen LogP) is 3.07. The number of amides is 2. The Kier molecular flexibility index (Phi) is 4.95. The Bertz CT molecular complexity index is 819. The second kappa shape index (κ2) is 7.31. The molecule has 1 aliphatic rings. The summed E-state index contributed by atoms with van der Waals surface area (Å²) in [5.74, 6) is 0.535. The molecular weight excluding hydrogens is 344 g/mol. The fourth-order valence-corrected chi connectivity index (χ4v) is 2.30. The van der Waals surface area contributed by atoms with Crippen LogP contribution in [-0.2, 0) is 9.59 Å². The third-order valence-electron chi connectivity index (χ3n) is 3.50. The maximum absolute atomic E-state index is 12.2. The average Bonchev–Trinajstić information content (AvgIpc) is 2.61. The van der Waals surface area contributed by atoms with Gasteiger partial charge in [-0.2, -0.15) is 5.10 Å². The largest absolute Gasteiger partial charge is 0.439 e. The van der Waals surface area contributed by atoms with Gasteiger partial charge in [0.25, 0.3) is 5.91 Å². The quantitative estimate of drug-likeness (QED) is 0.910. The third kappa shape index (κ3) is 4.33. The highest BCUT2D eigenvalue weighted by atomic mass is 35.5. The number of hydrazone groups is 1. The van der Waals surface area contributed by atoms with E-state index in [4.69, 9.17) is 16.3 Å². The van der Waals surface area contributed by atoms with Gasteiger partial charge in [-0.3, -0.25) is 9.59 Å². The Hall–Kier alpha value is -2.93. The number of benzene rings is 1. The van der Waals surface area contributed by atoms with E-state index in [-0.39, 0.29) is 18.2 Å². The first-order valence-corrected chi connectivity index (χ1v) is 7.94. The molecule has 8 heteroatoms. The standard InChI is InChI=1S/C17H15ClN4O3/c1-22-16(23)9-7-14(21-22)17(24)20-12-4-8-15(19-10-12)25-13-5-2-11(18)3-6-13/h2-6,8,10H,7,9H2,1H3,(H,20,24). The fraction of sp³-hybridized carbons (Fsp3) is 0.176. The minimum Gasteiger partial charge on any atom is -0.439 e. The van der Waals surface area contributed by atoms with E-state index in [1.807, 2.05) is 0 Å². The number of hydrogen-bond donors (Lipinski definition) is 1. The minimum atomic E-state index is -0.354. The molecule has 0 unspecified atom stereocenters. The Labute approximate surface area is 149 Å². The molecule has 0 saturated heterocycles. The number of pyridine rings is 1. The molecule has 0 aliphatic carbocycles. The highest BCUT2D eigenvalue weighted by Crippen LogP contribution is 2.22. The number of anilines is 1. The monoisotopic (exact) mass is 358 g/mol. The summed E-state index contributed by atoms with van der Waals surface area (Å²) in [5, 5.41) is 8.48. The van der Waals surface area contributed by atoms with Gasteiger partial charge in [0.2, 0.25) is 11.8 Å². The van der Waals surface area contributed by atoms with Crippen LogP contribution in [0.3, 0.4) is 0 Å². The minimum absolute atomic E-state index is 0.109. The maximum Gasteiger partial charge on any atom is 0.271 e. The van der Waals surface area contributed by atoms with Crippen LogP contribution in [0.15, 0.2) is 47.7 Å². The highest BCUT2D eigenvalue weighted by Gasteiger charge is 2.22. The van der Waals surface area contributed by atoms with Crippen LogP contribution in [0.5, 0.6) is 11.6 Å². The average molecular weight is 359 g/mol. The van der Waals surface area contributed by atoms with Crippen LogP contribution < -0.4 is 10.1 Å². The number of carbonyl (C=O) groups is 2. The van der Waals surface area contributed by atoms with Gasteiger partial charge in [-0.1, -0.05) is 11.6 Å². The van der Waals surface area contributed by atoms with Crippen molar-refractivity contribution in [1.29, 1.82) is 0 Å². The van der Waals surface area contributed by atoms with Crippen LogP contribution >= 0.6 is 11.6 Å². The van der Waals surface area contributed by atoms with Crippen LogP contribution in [0, 0.1) is 0 Å². The van der Waals surface area contributed by atoms with Crippen LogP contribution in [0.1, 0.15) is 12.8 Å².